The maximum absolute atomic E-state index is 11.7. The van der Waals surface area contributed by atoms with Gasteiger partial charge in [0, 0.05) is 19.1 Å². The largest absolute Gasteiger partial charge is 0.396 e. The van der Waals surface area contributed by atoms with Gasteiger partial charge in [-0.05, 0) is 55.8 Å². The molecule has 1 amide bonds. The Kier molecular flexibility index (Phi) is 2.66. The van der Waals surface area contributed by atoms with E-state index >= 15 is 0 Å². The Balaban J connectivity index is 1.45. The minimum absolute atomic E-state index is 0.262. The summed E-state index contributed by atoms with van der Waals surface area (Å²) < 4.78 is 0. The maximum Gasteiger partial charge on any atom is 0.220 e. The summed E-state index contributed by atoms with van der Waals surface area (Å²) in [5, 5.41) is 12.3. The van der Waals surface area contributed by atoms with Crippen LogP contribution in [-0.4, -0.2) is 23.7 Å². The van der Waals surface area contributed by atoms with E-state index in [1.807, 2.05) is 0 Å². The number of rotatable bonds is 4. The molecule has 3 heteroatoms. The molecule has 0 aromatic carbocycles. The van der Waals surface area contributed by atoms with Crippen molar-refractivity contribution in [2.45, 2.75) is 44.6 Å². The Labute approximate surface area is 96.6 Å². The molecule has 3 nitrogen and oxygen atoms in total. The summed E-state index contributed by atoms with van der Waals surface area (Å²) in [6.07, 6.45) is 6.69. The van der Waals surface area contributed by atoms with Crippen LogP contribution in [0, 0.1) is 23.7 Å². The predicted molar refractivity (Wildman–Crippen MR) is 60.7 cm³/mol. The van der Waals surface area contributed by atoms with E-state index in [-0.39, 0.29) is 5.91 Å². The van der Waals surface area contributed by atoms with Crippen molar-refractivity contribution in [1.29, 1.82) is 0 Å². The van der Waals surface area contributed by atoms with Crippen molar-refractivity contribution in [2.75, 3.05) is 6.61 Å². The Bertz CT molecular complexity index is 288. The molecule has 0 bridgehead atoms. The van der Waals surface area contributed by atoms with Gasteiger partial charge in [0.2, 0.25) is 5.91 Å². The molecule has 3 fully saturated rings. The summed E-state index contributed by atoms with van der Waals surface area (Å²) in [7, 11) is 0. The minimum atomic E-state index is 0.262. The average molecular weight is 223 g/mol. The summed E-state index contributed by atoms with van der Waals surface area (Å²) >= 11 is 0. The summed E-state index contributed by atoms with van der Waals surface area (Å²) in [5.74, 6) is 2.90. The van der Waals surface area contributed by atoms with Gasteiger partial charge in [0.25, 0.3) is 0 Å². The highest BCUT2D eigenvalue weighted by Gasteiger charge is 2.47. The first kappa shape index (κ1) is 10.6. The molecule has 16 heavy (non-hydrogen) atoms. The smallest absolute Gasteiger partial charge is 0.220 e. The topological polar surface area (TPSA) is 49.3 Å². The van der Waals surface area contributed by atoms with Gasteiger partial charge in [0.1, 0.15) is 0 Å². The normalized spacial score (nSPS) is 41.3. The highest BCUT2D eigenvalue weighted by molar-refractivity contribution is 5.77. The van der Waals surface area contributed by atoms with Crippen molar-refractivity contribution in [3.63, 3.8) is 0 Å². The molecule has 90 valence electrons. The first-order valence-corrected chi connectivity index (χ1v) is 6.66. The fraction of sp³-hybridized carbons (Fsp3) is 0.923. The van der Waals surface area contributed by atoms with Gasteiger partial charge in [-0.1, -0.05) is 0 Å². The number of nitrogens with one attached hydrogen (secondary N) is 1. The molecule has 0 saturated heterocycles. The van der Waals surface area contributed by atoms with Crippen molar-refractivity contribution in [3.8, 4) is 0 Å². The Morgan fingerprint density at radius 3 is 2.69 bits per heavy atom. The summed E-state index contributed by atoms with van der Waals surface area (Å²) in [6.45, 7) is 0.329. The lowest BCUT2D eigenvalue weighted by molar-refractivity contribution is -0.123. The fourth-order valence-corrected chi connectivity index (χ4v) is 3.51. The van der Waals surface area contributed by atoms with Crippen molar-refractivity contribution in [3.05, 3.63) is 0 Å². The van der Waals surface area contributed by atoms with Gasteiger partial charge < -0.3 is 10.4 Å². The highest BCUT2D eigenvalue weighted by Crippen LogP contribution is 2.49. The van der Waals surface area contributed by atoms with Crippen LogP contribution in [-0.2, 0) is 4.79 Å². The second-order valence-electron chi connectivity index (χ2n) is 6.00. The molecular weight excluding hydrogens is 202 g/mol. The number of aliphatic hydroxyl groups excluding tert-OH is 1. The van der Waals surface area contributed by atoms with Crippen LogP contribution < -0.4 is 5.32 Å². The zero-order valence-electron chi connectivity index (χ0n) is 9.69. The van der Waals surface area contributed by atoms with Crippen LogP contribution >= 0.6 is 0 Å². The van der Waals surface area contributed by atoms with Gasteiger partial charge in [0.15, 0.2) is 0 Å². The number of fused-ring (bicyclic) bond motifs is 1. The van der Waals surface area contributed by atoms with Crippen LogP contribution in [0.3, 0.4) is 0 Å². The van der Waals surface area contributed by atoms with Crippen LogP contribution in [0.1, 0.15) is 38.5 Å². The number of carbonyl (C=O) groups is 1. The van der Waals surface area contributed by atoms with Gasteiger partial charge in [-0.2, -0.15) is 0 Å². The van der Waals surface area contributed by atoms with E-state index in [2.05, 4.69) is 5.32 Å². The number of aliphatic hydroxyl groups is 1. The van der Waals surface area contributed by atoms with E-state index in [9.17, 15) is 4.79 Å². The van der Waals surface area contributed by atoms with Gasteiger partial charge in [-0.15, -0.1) is 0 Å². The lowest BCUT2D eigenvalue weighted by atomic mass is 9.71. The van der Waals surface area contributed by atoms with Crippen LogP contribution in [0.5, 0.6) is 0 Å². The second kappa shape index (κ2) is 4.02. The molecule has 3 rings (SSSR count). The minimum Gasteiger partial charge on any atom is -0.396 e. The molecule has 0 aromatic heterocycles. The zero-order chi connectivity index (χ0) is 11.1. The number of carbonyl (C=O) groups excluding carboxylic acids is 1. The van der Waals surface area contributed by atoms with Crippen LogP contribution in [0.4, 0.5) is 0 Å². The Hall–Kier alpha value is -0.570. The quantitative estimate of drug-likeness (QED) is 0.755. The standard InChI is InChI=1S/C13H21NO2/c15-7-9-3-10-6-12(11(10)4-9)14-13(16)5-8-1-2-8/h8-12,15H,1-7H2,(H,14,16). The summed E-state index contributed by atoms with van der Waals surface area (Å²) in [6, 6.07) is 0.424. The van der Waals surface area contributed by atoms with E-state index < -0.39 is 0 Å². The monoisotopic (exact) mass is 223 g/mol. The second-order valence-corrected chi connectivity index (χ2v) is 6.00. The molecule has 2 N–H and O–H groups in total. The molecule has 0 radical (unpaired) electrons. The zero-order valence-corrected chi connectivity index (χ0v) is 9.69. The van der Waals surface area contributed by atoms with Gasteiger partial charge in [-0.3, -0.25) is 4.79 Å². The fourth-order valence-electron chi connectivity index (χ4n) is 3.51. The summed E-state index contributed by atoms with van der Waals surface area (Å²) in [5.41, 5.74) is 0. The molecular formula is C13H21NO2. The Morgan fingerprint density at radius 2 is 2.00 bits per heavy atom. The summed E-state index contributed by atoms with van der Waals surface area (Å²) in [4.78, 5) is 11.7. The third-order valence-corrected chi connectivity index (χ3v) is 4.70. The maximum atomic E-state index is 11.7. The van der Waals surface area contributed by atoms with E-state index in [1.165, 1.54) is 19.3 Å². The molecule has 0 aliphatic heterocycles. The van der Waals surface area contributed by atoms with Crippen LogP contribution in [0.2, 0.25) is 0 Å². The lowest BCUT2D eigenvalue weighted by Crippen LogP contribution is -2.50. The third-order valence-electron chi connectivity index (χ3n) is 4.70. The number of hydrogen-bond acceptors (Lipinski definition) is 2. The predicted octanol–water partition coefficient (Wildman–Crippen LogP) is 1.31. The van der Waals surface area contributed by atoms with E-state index in [0.717, 1.165) is 25.2 Å². The molecule has 0 spiro atoms. The van der Waals surface area contributed by atoms with Crippen molar-refractivity contribution in [1.82, 2.24) is 5.32 Å². The molecule has 0 heterocycles. The third kappa shape index (κ3) is 1.97. The van der Waals surface area contributed by atoms with E-state index in [1.54, 1.807) is 0 Å². The van der Waals surface area contributed by atoms with Crippen molar-refractivity contribution < 1.29 is 9.90 Å². The van der Waals surface area contributed by atoms with E-state index in [4.69, 9.17) is 5.11 Å². The molecule has 0 aromatic rings. The van der Waals surface area contributed by atoms with Gasteiger partial charge in [0.05, 0.1) is 0 Å². The van der Waals surface area contributed by atoms with Gasteiger partial charge in [-0.25, -0.2) is 0 Å². The molecule has 3 aliphatic rings. The van der Waals surface area contributed by atoms with E-state index in [0.29, 0.717) is 30.4 Å². The van der Waals surface area contributed by atoms with Crippen molar-refractivity contribution in [2.24, 2.45) is 23.7 Å². The van der Waals surface area contributed by atoms with Gasteiger partial charge >= 0.3 is 0 Å². The van der Waals surface area contributed by atoms with Crippen LogP contribution in [0.25, 0.3) is 0 Å². The van der Waals surface area contributed by atoms with Crippen molar-refractivity contribution >= 4 is 5.91 Å². The molecule has 4 atom stereocenters. The van der Waals surface area contributed by atoms with Crippen LogP contribution in [0.15, 0.2) is 0 Å². The molecule has 3 aliphatic carbocycles. The lowest BCUT2D eigenvalue weighted by Gasteiger charge is -2.40. The average Bonchev–Trinajstić information content (AvgIpc) is 2.98. The first-order chi connectivity index (χ1) is 7.76. The SMILES string of the molecule is O=C(CC1CC1)NC1CC2CC(CO)CC21. The molecule has 4 unspecified atom stereocenters. The molecule has 3 saturated carbocycles. The number of hydrogen-bond donors (Lipinski definition) is 2. The Morgan fingerprint density at radius 1 is 1.19 bits per heavy atom. The number of amides is 1. The first-order valence-electron chi connectivity index (χ1n) is 6.66. The highest BCUT2D eigenvalue weighted by atomic mass is 16.3.